The third kappa shape index (κ3) is 4.20. The summed E-state index contributed by atoms with van der Waals surface area (Å²) >= 11 is 0. The van der Waals surface area contributed by atoms with Crippen LogP contribution in [0.2, 0.25) is 0 Å². The number of carbonyl (C=O) groups is 1. The van der Waals surface area contributed by atoms with Gasteiger partial charge in [0.25, 0.3) is 11.4 Å². The highest BCUT2D eigenvalue weighted by atomic mass is 16.6. The van der Waals surface area contributed by atoms with E-state index in [1.807, 2.05) is 6.92 Å². The Labute approximate surface area is 161 Å². The molecule has 7 nitrogen and oxygen atoms in total. The number of hydrogen-bond acceptors (Lipinski definition) is 5. The van der Waals surface area contributed by atoms with E-state index >= 15 is 0 Å². The monoisotopic (exact) mass is 378 g/mol. The first-order valence-corrected chi connectivity index (χ1v) is 8.81. The van der Waals surface area contributed by atoms with E-state index in [0.29, 0.717) is 17.6 Å². The van der Waals surface area contributed by atoms with E-state index < -0.39 is 9.85 Å². The summed E-state index contributed by atoms with van der Waals surface area (Å²) in [5, 5.41) is 21.5. The molecule has 1 aliphatic rings. The zero-order valence-electron chi connectivity index (χ0n) is 15.2. The van der Waals surface area contributed by atoms with Gasteiger partial charge in [0.15, 0.2) is 5.78 Å². The van der Waals surface area contributed by atoms with Crippen molar-refractivity contribution < 1.29 is 14.6 Å². The predicted molar refractivity (Wildman–Crippen MR) is 106 cm³/mol. The average molecular weight is 378 g/mol. The Morgan fingerprint density at radius 1 is 0.857 bits per heavy atom. The molecule has 2 aromatic carbocycles. The zero-order valence-corrected chi connectivity index (χ0v) is 15.2. The van der Waals surface area contributed by atoms with E-state index in [4.69, 9.17) is 0 Å². The van der Waals surface area contributed by atoms with Gasteiger partial charge in [-0.1, -0.05) is 6.92 Å². The molecule has 0 saturated heterocycles. The van der Waals surface area contributed by atoms with Crippen LogP contribution in [0.5, 0.6) is 0 Å². The molecule has 0 spiro atoms. The van der Waals surface area contributed by atoms with Crippen molar-refractivity contribution in [2.75, 3.05) is 0 Å². The molecule has 7 heteroatoms. The van der Waals surface area contributed by atoms with Crippen LogP contribution >= 0.6 is 0 Å². The Hall–Kier alpha value is -3.61. The topological polar surface area (TPSA) is 103 Å². The second-order valence-electron chi connectivity index (χ2n) is 6.74. The minimum Gasteiger partial charge on any atom is -0.289 e. The van der Waals surface area contributed by atoms with Gasteiger partial charge in [0.2, 0.25) is 0 Å². The number of nitro groups is 2. The Balaban J connectivity index is 1.87. The number of hydrogen-bond donors (Lipinski definition) is 0. The summed E-state index contributed by atoms with van der Waals surface area (Å²) in [6.07, 6.45) is 4.99. The second kappa shape index (κ2) is 7.96. The molecule has 3 rings (SSSR count). The lowest BCUT2D eigenvalue weighted by atomic mass is 9.80. The molecule has 1 saturated carbocycles. The van der Waals surface area contributed by atoms with Gasteiger partial charge in [0.05, 0.1) is 9.85 Å². The Morgan fingerprint density at radius 2 is 1.32 bits per heavy atom. The molecule has 0 N–H and O–H groups in total. The highest BCUT2D eigenvalue weighted by Crippen LogP contribution is 2.33. The van der Waals surface area contributed by atoms with Crippen molar-refractivity contribution in [3.8, 4) is 0 Å². The standard InChI is InChI=1S/C21H18N2O5/c1-14-2-7-17(12-15-3-8-18(9-4-15)22(25)26)21(24)20(14)13-16-5-10-19(11-6-16)23(27)28/h3-6,8-14H,2,7H2,1H3/b17-12-,20-13+/t14-/m1/s1. The number of nitrogens with zero attached hydrogens (tertiary/aromatic N) is 2. The van der Waals surface area contributed by atoms with Crippen LogP contribution in [0.4, 0.5) is 11.4 Å². The predicted octanol–water partition coefficient (Wildman–Crippen LogP) is 4.97. The maximum Gasteiger partial charge on any atom is 0.269 e. The van der Waals surface area contributed by atoms with Gasteiger partial charge in [0, 0.05) is 35.4 Å². The van der Waals surface area contributed by atoms with Crippen LogP contribution in [-0.2, 0) is 4.79 Å². The van der Waals surface area contributed by atoms with Gasteiger partial charge >= 0.3 is 0 Å². The summed E-state index contributed by atoms with van der Waals surface area (Å²) in [5.41, 5.74) is 2.79. The van der Waals surface area contributed by atoms with Crippen molar-refractivity contribution in [1.82, 2.24) is 0 Å². The fourth-order valence-electron chi connectivity index (χ4n) is 3.16. The van der Waals surface area contributed by atoms with Crippen LogP contribution in [0.25, 0.3) is 12.2 Å². The number of nitro benzene ring substituents is 2. The first-order chi connectivity index (χ1) is 13.3. The molecule has 1 atom stereocenters. The number of Topliss-reactive ketones (excluding diaryl/α,β-unsaturated/α-hetero) is 1. The molecule has 142 valence electrons. The quantitative estimate of drug-likeness (QED) is 0.424. The van der Waals surface area contributed by atoms with Crippen LogP contribution in [0.3, 0.4) is 0 Å². The highest BCUT2D eigenvalue weighted by molar-refractivity contribution is 6.14. The summed E-state index contributed by atoms with van der Waals surface area (Å²) in [6, 6.07) is 12.1. The van der Waals surface area contributed by atoms with Gasteiger partial charge in [-0.3, -0.25) is 25.0 Å². The van der Waals surface area contributed by atoms with Crippen molar-refractivity contribution >= 4 is 29.3 Å². The fourth-order valence-corrected chi connectivity index (χ4v) is 3.16. The molecule has 2 aromatic rings. The maximum absolute atomic E-state index is 12.9. The van der Waals surface area contributed by atoms with E-state index in [-0.39, 0.29) is 23.1 Å². The number of benzene rings is 2. The number of carbonyl (C=O) groups excluding carboxylic acids is 1. The fraction of sp³-hybridized carbons (Fsp3) is 0.190. The van der Waals surface area contributed by atoms with E-state index in [2.05, 4.69) is 0 Å². The van der Waals surface area contributed by atoms with Crippen LogP contribution in [0.1, 0.15) is 30.9 Å². The number of non-ortho nitro benzene ring substituents is 2. The summed E-state index contributed by atoms with van der Waals surface area (Å²) in [6.45, 7) is 1.98. The molecule has 1 aliphatic carbocycles. The largest absolute Gasteiger partial charge is 0.289 e. The lowest BCUT2D eigenvalue weighted by Gasteiger charge is -2.23. The second-order valence-corrected chi connectivity index (χ2v) is 6.74. The first-order valence-electron chi connectivity index (χ1n) is 8.81. The number of rotatable bonds is 4. The molecule has 1 fully saturated rings. The first kappa shape index (κ1) is 19.2. The van der Waals surface area contributed by atoms with Crippen molar-refractivity contribution in [2.45, 2.75) is 19.8 Å². The van der Waals surface area contributed by atoms with Crippen molar-refractivity contribution in [3.05, 3.63) is 91.0 Å². The third-order valence-corrected chi connectivity index (χ3v) is 4.80. The molecule has 0 heterocycles. The van der Waals surface area contributed by atoms with Crippen molar-refractivity contribution in [2.24, 2.45) is 5.92 Å². The van der Waals surface area contributed by atoms with Crippen LogP contribution in [-0.4, -0.2) is 15.6 Å². The molecule has 0 aromatic heterocycles. The van der Waals surface area contributed by atoms with Crippen LogP contribution in [0.15, 0.2) is 59.7 Å². The summed E-state index contributed by atoms with van der Waals surface area (Å²) in [5.74, 6) is 0.0205. The van der Waals surface area contributed by atoms with Crippen molar-refractivity contribution in [3.63, 3.8) is 0 Å². The van der Waals surface area contributed by atoms with Crippen LogP contribution in [0, 0.1) is 26.1 Å². The number of allylic oxidation sites excluding steroid dienone is 2. The zero-order chi connectivity index (χ0) is 20.3. The highest BCUT2D eigenvalue weighted by Gasteiger charge is 2.26. The molecule has 0 amide bonds. The Kier molecular flexibility index (Phi) is 5.44. The molecule has 0 radical (unpaired) electrons. The van der Waals surface area contributed by atoms with Gasteiger partial charge in [-0.25, -0.2) is 0 Å². The molecule has 28 heavy (non-hydrogen) atoms. The van der Waals surface area contributed by atoms with Gasteiger partial charge < -0.3 is 0 Å². The van der Waals surface area contributed by atoms with Gasteiger partial charge in [0.1, 0.15) is 0 Å². The average Bonchev–Trinajstić information content (AvgIpc) is 2.68. The van der Waals surface area contributed by atoms with Crippen LogP contribution < -0.4 is 0 Å². The normalized spacial score (nSPS) is 19.8. The summed E-state index contributed by atoms with van der Waals surface area (Å²) in [4.78, 5) is 33.5. The maximum atomic E-state index is 12.9. The van der Waals surface area contributed by atoms with Gasteiger partial charge in [-0.15, -0.1) is 0 Å². The Bertz CT molecular complexity index is 988. The van der Waals surface area contributed by atoms with Crippen molar-refractivity contribution in [1.29, 1.82) is 0 Å². The van der Waals surface area contributed by atoms with E-state index in [1.54, 1.807) is 36.4 Å². The third-order valence-electron chi connectivity index (χ3n) is 4.80. The Morgan fingerprint density at radius 3 is 1.79 bits per heavy atom. The van der Waals surface area contributed by atoms with Gasteiger partial charge in [-0.05, 0) is 66.3 Å². The SMILES string of the molecule is C[C@@H]1CC/C(=C/c2ccc([N+](=O)[O-])cc2)C(=O)/C1=C/c1ccc([N+](=O)[O-])cc1. The summed E-state index contributed by atoms with van der Waals surface area (Å²) < 4.78 is 0. The van der Waals surface area contributed by atoms with E-state index in [9.17, 15) is 25.0 Å². The van der Waals surface area contributed by atoms with Gasteiger partial charge in [-0.2, -0.15) is 0 Å². The molecular formula is C21H18N2O5. The molecular weight excluding hydrogens is 360 g/mol. The molecule has 0 unspecified atom stereocenters. The summed E-state index contributed by atoms with van der Waals surface area (Å²) in [7, 11) is 0. The van der Waals surface area contributed by atoms with E-state index in [0.717, 1.165) is 17.5 Å². The lowest BCUT2D eigenvalue weighted by molar-refractivity contribution is -0.385. The van der Waals surface area contributed by atoms with E-state index in [1.165, 1.54) is 24.3 Å². The number of ketones is 1. The molecule has 0 aliphatic heterocycles. The lowest BCUT2D eigenvalue weighted by Crippen LogP contribution is -2.19. The smallest absolute Gasteiger partial charge is 0.269 e. The molecule has 0 bridgehead atoms. The minimum atomic E-state index is -0.463. The minimum absolute atomic E-state index is 0.00363.